The molecule has 9 nitrogen and oxygen atoms in total. The van der Waals surface area contributed by atoms with Crippen LogP contribution in [0.2, 0.25) is 0 Å². The summed E-state index contributed by atoms with van der Waals surface area (Å²) in [5, 5.41) is 10.8. The molecule has 9 heteroatoms. The minimum Gasteiger partial charge on any atom is -0.444 e. The smallest absolute Gasteiger partial charge is 0.410 e. The van der Waals surface area contributed by atoms with Gasteiger partial charge in [0.1, 0.15) is 18.0 Å². The number of amides is 1. The summed E-state index contributed by atoms with van der Waals surface area (Å²) >= 11 is 0. The van der Waals surface area contributed by atoms with Crippen molar-refractivity contribution in [1.82, 2.24) is 14.9 Å². The molecule has 27 heavy (non-hydrogen) atoms. The Morgan fingerprint density at radius 2 is 1.81 bits per heavy atom. The second-order valence-corrected chi connectivity index (χ2v) is 8.49. The maximum atomic E-state index is 12.3. The van der Waals surface area contributed by atoms with E-state index in [1.807, 2.05) is 20.8 Å². The van der Waals surface area contributed by atoms with Crippen LogP contribution < -0.4 is 4.90 Å². The van der Waals surface area contributed by atoms with Crippen molar-refractivity contribution in [3.05, 3.63) is 22.5 Å². The standard InChI is InChI=1S/C18H27N5O4/c1-17(2,3)27-16(24)21-9-6-18(7-10-21)5-4-8-22(13-18)15-19-11-14(12-20-15)23(25)26/h11-12H,4-10,13H2,1-3H3. The number of hydrogen-bond acceptors (Lipinski definition) is 7. The van der Waals surface area contributed by atoms with Gasteiger partial charge in [-0.3, -0.25) is 10.1 Å². The lowest BCUT2D eigenvalue weighted by Crippen LogP contribution is -2.51. The fourth-order valence-electron chi connectivity index (χ4n) is 3.85. The highest BCUT2D eigenvalue weighted by atomic mass is 16.6. The van der Waals surface area contributed by atoms with E-state index < -0.39 is 10.5 Å². The van der Waals surface area contributed by atoms with Crippen molar-refractivity contribution < 1.29 is 14.5 Å². The zero-order valence-corrected chi connectivity index (χ0v) is 16.2. The van der Waals surface area contributed by atoms with Gasteiger partial charge in [-0.05, 0) is 51.9 Å². The van der Waals surface area contributed by atoms with Gasteiger partial charge in [-0.15, -0.1) is 0 Å². The quantitative estimate of drug-likeness (QED) is 0.576. The summed E-state index contributed by atoms with van der Waals surface area (Å²) in [7, 11) is 0. The fourth-order valence-corrected chi connectivity index (χ4v) is 3.85. The highest BCUT2D eigenvalue weighted by molar-refractivity contribution is 5.68. The van der Waals surface area contributed by atoms with Crippen LogP contribution in [-0.2, 0) is 4.74 Å². The summed E-state index contributed by atoms with van der Waals surface area (Å²) in [5.41, 5.74) is -0.459. The monoisotopic (exact) mass is 377 g/mol. The van der Waals surface area contributed by atoms with Crippen LogP contribution in [0.25, 0.3) is 0 Å². The van der Waals surface area contributed by atoms with Crippen LogP contribution >= 0.6 is 0 Å². The largest absolute Gasteiger partial charge is 0.444 e. The molecule has 0 atom stereocenters. The predicted octanol–water partition coefficient (Wildman–Crippen LogP) is 3.00. The molecule has 0 N–H and O–H groups in total. The number of anilines is 1. The number of aromatic nitrogens is 2. The van der Waals surface area contributed by atoms with E-state index in [9.17, 15) is 14.9 Å². The van der Waals surface area contributed by atoms with Crippen LogP contribution in [-0.4, -0.2) is 57.7 Å². The number of carbonyl (C=O) groups excluding carboxylic acids is 1. The van der Waals surface area contributed by atoms with Crippen LogP contribution in [0.3, 0.4) is 0 Å². The van der Waals surface area contributed by atoms with Crippen molar-refractivity contribution in [1.29, 1.82) is 0 Å². The highest BCUT2D eigenvalue weighted by Crippen LogP contribution is 2.40. The number of hydrogen-bond donors (Lipinski definition) is 0. The van der Waals surface area contributed by atoms with Crippen molar-refractivity contribution in [3.8, 4) is 0 Å². The molecule has 3 heterocycles. The molecule has 0 radical (unpaired) electrons. The molecule has 1 aromatic rings. The van der Waals surface area contributed by atoms with Crippen molar-refractivity contribution in [2.75, 3.05) is 31.1 Å². The Morgan fingerprint density at radius 3 is 2.37 bits per heavy atom. The van der Waals surface area contributed by atoms with Gasteiger partial charge >= 0.3 is 11.8 Å². The first-order valence-corrected chi connectivity index (χ1v) is 9.37. The number of carbonyl (C=O) groups is 1. The number of ether oxygens (including phenoxy) is 1. The predicted molar refractivity (Wildman–Crippen MR) is 99.6 cm³/mol. The Hall–Kier alpha value is -2.45. The topological polar surface area (TPSA) is 102 Å². The maximum absolute atomic E-state index is 12.3. The van der Waals surface area contributed by atoms with Crippen molar-refractivity contribution in [2.24, 2.45) is 5.41 Å². The Morgan fingerprint density at radius 1 is 1.19 bits per heavy atom. The van der Waals surface area contributed by atoms with Gasteiger partial charge in [-0.2, -0.15) is 0 Å². The van der Waals surface area contributed by atoms with Gasteiger partial charge in [0, 0.05) is 26.2 Å². The Bertz CT molecular complexity index is 693. The molecule has 0 bridgehead atoms. The normalized spacial score (nSPS) is 19.8. The van der Waals surface area contributed by atoms with E-state index >= 15 is 0 Å². The second kappa shape index (κ2) is 7.28. The van der Waals surface area contributed by atoms with Crippen LogP contribution in [0.4, 0.5) is 16.4 Å². The lowest BCUT2D eigenvalue weighted by atomic mass is 9.72. The van der Waals surface area contributed by atoms with Gasteiger partial charge in [0.15, 0.2) is 0 Å². The zero-order valence-electron chi connectivity index (χ0n) is 16.2. The van der Waals surface area contributed by atoms with Gasteiger partial charge in [-0.1, -0.05) is 0 Å². The van der Waals surface area contributed by atoms with Crippen molar-refractivity contribution in [3.63, 3.8) is 0 Å². The first kappa shape index (κ1) is 19.3. The summed E-state index contributed by atoms with van der Waals surface area (Å²) in [6, 6.07) is 0. The van der Waals surface area contributed by atoms with Gasteiger partial charge in [0.25, 0.3) is 0 Å². The highest BCUT2D eigenvalue weighted by Gasteiger charge is 2.40. The van der Waals surface area contributed by atoms with E-state index in [-0.39, 0.29) is 17.2 Å². The summed E-state index contributed by atoms with van der Waals surface area (Å²) < 4.78 is 5.48. The minimum atomic E-state index is -0.492. The maximum Gasteiger partial charge on any atom is 0.410 e. The number of nitrogens with zero attached hydrogens (tertiary/aromatic N) is 5. The van der Waals surface area contributed by atoms with Gasteiger partial charge < -0.3 is 14.5 Å². The van der Waals surface area contributed by atoms with E-state index in [4.69, 9.17) is 4.74 Å². The Labute approximate surface area is 158 Å². The molecule has 0 saturated carbocycles. The molecule has 0 aliphatic carbocycles. The Kier molecular flexibility index (Phi) is 5.21. The van der Waals surface area contributed by atoms with Gasteiger partial charge in [0.05, 0.1) is 4.92 Å². The van der Waals surface area contributed by atoms with Crippen LogP contribution in [0.1, 0.15) is 46.5 Å². The van der Waals surface area contributed by atoms with Gasteiger partial charge in [-0.25, -0.2) is 14.8 Å². The molecule has 3 rings (SSSR count). The van der Waals surface area contributed by atoms with E-state index in [2.05, 4.69) is 14.9 Å². The summed E-state index contributed by atoms with van der Waals surface area (Å²) in [5.74, 6) is 0.536. The van der Waals surface area contributed by atoms with Crippen LogP contribution in [0.15, 0.2) is 12.4 Å². The van der Waals surface area contributed by atoms with Crippen molar-refractivity contribution in [2.45, 2.75) is 52.1 Å². The molecule has 2 aliphatic heterocycles. The van der Waals surface area contributed by atoms with Crippen LogP contribution in [0.5, 0.6) is 0 Å². The molecule has 1 spiro atoms. The summed E-state index contributed by atoms with van der Waals surface area (Å²) in [6.45, 7) is 8.65. The number of piperidine rings is 2. The molecule has 1 amide bonds. The first-order chi connectivity index (χ1) is 12.7. The SMILES string of the molecule is CC(C)(C)OC(=O)N1CCC2(CCCN(c3ncc([N+](=O)[O-])cn3)C2)CC1. The molecule has 0 aromatic carbocycles. The summed E-state index contributed by atoms with van der Waals surface area (Å²) in [4.78, 5) is 34.8. The van der Waals surface area contributed by atoms with Crippen LogP contribution in [0, 0.1) is 15.5 Å². The van der Waals surface area contributed by atoms with Gasteiger partial charge in [0.2, 0.25) is 5.95 Å². The molecule has 0 unspecified atom stereocenters. The first-order valence-electron chi connectivity index (χ1n) is 9.37. The minimum absolute atomic E-state index is 0.101. The molecular weight excluding hydrogens is 350 g/mol. The fraction of sp³-hybridized carbons (Fsp3) is 0.722. The zero-order chi connectivity index (χ0) is 19.7. The number of nitro groups is 1. The molecule has 148 valence electrons. The number of rotatable bonds is 2. The van der Waals surface area contributed by atoms with E-state index in [1.165, 1.54) is 12.4 Å². The second-order valence-electron chi connectivity index (χ2n) is 8.49. The molecule has 2 saturated heterocycles. The lowest BCUT2D eigenvalue weighted by molar-refractivity contribution is -0.385. The molecular formula is C18H27N5O4. The average Bonchev–Trinajstić information content (AvgIpc) is 2.61. The van der Waals surface area contributed by atoms with E-state index in [0.717, 1.165) is 38.8 Å². The van der Waals surface area contributed by atoms with E-state index in [0.29, 0.717) is 19.0 Å². The third kappa shape index (κ3) is 4.64. The summed E-state index contributed by atoms with van der Waals surface area (Å²) in [6.07, 6.45) is 6.23. The molecule has 1 aromatic heterocycles. The number of likely N-dealkylation sites (tertiary alicyclic amines) is 1. The third-order valence-corrected chi connectivity index (χ3v) is 5.26. The average molecular weight is 377 g/mol. The third-order valence-electron chi connectivity index (χ3n) is 5.26. The lowest BCUT2D eigenvalue weighted by Gasteiger charge is -2.47. The van der Waals surface area contributed by atoms with Crippen molar-refractivity contribution >= 4 is 17.7 Å². The molecule has 2 fully saturated rings. The van der Waals surface area contributed by atoms with E-state index in [1.54, 1.807) is 4.90 Å². The molecule has 2 aliphatic rings. The Balaban J connectivity index is 1.61.